The summed E-state index contributed by atoms with van der Waals surface area (Å²) in [6.45, 7) is 2.69. The van der Waals surface area contributed by atoms with E-state index >= 15 is 0 Å². The second kappa shape index (κ2) is 12.9. The smallest absolute Gasteiger partial charge is 0.225 e. The highest BCUT2D eigenvalue weighted by molar-refractivity contribution is 5.91. The third-order valence-electron chi connectivity index (χ3n) is 4.52. The van der Waals surface area contributed by atoms with Crippen LogP contribution in [0, 0.1) is 0 Å². The zero-order chi connectivity index (χ0) is 19.2. The van der Waals surface area contributed by atoms with Crippen molar-refractivity contribution in [2.45, 2.75) is 71.3 Å². The third-order valence-corrected chi connectivity index (χ3v) is 4.52. The van der Waals surface area contributed by atoms with Crippen LogP contribution in [0.3, 0.4) is 0 Å². The fourth-order valence-corrected chi connectivity index (χ4v) is 2.95. The quantitative estimate of drug-likeness (QED) is 0.433. The normalized spacial score (nSPS) is 10.6. The predicted molar refractivity (Wildman–Crippen MR) is 111 cm³/mol. The molecule has 2 aromatic rings. The molecular weight excluding hydrogens is 336 g/mol. The van der Waals surface area contributed by atoms with Crippen LogP contribution >= 0.6 is 0 Å². The van der Waals surface area contributed by atoms with Gasteiger partial charge in [0.2, 0.25) is 5.91 Å². The summed E-state index contributed by atoms with van der Waals surface area (Å²) in [5, 5.41) is 2.89. The van der Waals surface area contributed by atoms with Gasteiger partial charge in [0, 0.05) is 12.6 Å². The number of hydrogen-bond donors (Lipinski definition) is 1. The molecule has 0 bridgehead atoms. The topological polar surface area (TPSA) is 51.2 Å². The highest BCUT2D eigenvalue weighted by Crippen LogP contribution is 2.22. The molecule has 0 aliphatic heterocycles. The highest BCUT2D eigenvalue weighted by atomic mass is 16.5. The van der Waals surface area contributed by atoms with Gasteiger partial charge in [0.25, 0.3) is 0 Å². The number of rotatable bonds is 13. The van der Waals surface area contributed by atoms with Gasteiger partial charge >= 0.3 is 0 Å². The summed E-state index contributed by atoms with van der Waals surface area (Å²) in [6.07, 6.45) is 12.0. The number of aromatic nitrogens is 1. The van der Waals surface area contributed by atoms with Crippen LogP contribution in [0.2, 0.25) is 0 Å². The number of pyridine rings is 1. The van der Waals surface area contributed by atoms with Crippen LogP contribution in [0.4, 0.5) is 5.82 Å². The lowest BCUT2D eigenvalue weighted by Gasteiger charge is -2.11. The Kier molecular flexibility index (Phi) is 10.0. The van der Waals surface area contributed by atoms with Crippen molar-refractivity contribution >= 4 is 11.7 Å². The minimum atomic E-state index is 0.00393. The van der Waals surface area contributed by atoms with Crippen LogP contribution in [0.5, 0.6) is 5.75 Å². The summed E-state index contributed by atoms with van der Waals surface area (Å²) >= 11 is 0. The van der Waals surface area contributed by atoms with E-state index < -0.39 is 0 Å². The van der Waals surface area contributed by atoms with Crippen LogP contribution in [0.25, 0.3) is 0 Å². The van der Waals surface area contributed by atoms with Gasteiger partial charge in [-0.05, 0) is 24.1 Å². The van der Waals surface area contributed by atoms with E-state index in [-0.39, 0.29) is 5.91 Å². The van der Waals surface area contributed by atoms with Crippen molar-refractivity contribution in [1.29, 1.82) is 0 Å². The van der Waals surface area contributed by atoms with Crippen molar-refractivity contribution in [3.8, 4) is 5.75 Å². The Balaban J connectivity index is 1.69. The molecule has 1 N–H and O–H groups in total. The van der Waals surface area contributed by atoms with Gasteiger partial charge in [0.05, 0.1) is 0 Å². The van der Waals surface area contributed by atoms with E-state index in [1.165, 1.54) is 38.5 Å². The lowest BCUT2D eigenvalue weighted by Crippen LogP contribution is -2.13. The molecule has 0 saturated heterocycles. The number of nitrogens with zero attached hydrogens (tertiary/aromatic N) is 1. The molecule has 0 fully saturated rings. The average Bonchev–Trinajstić information content (AvgIpc) is 2.70. The van der Waals surface area contributed by atoms with E-state index in [0.29, 0.717) is 24.6 Å². The number of nitrogens with one attached hydrogen (secondary N) is 1. The molecule has 0 radical (unpaired) electrons. The zero-order valence-corrected chi connectivity index (χ0v) is 16.5. The van der Waals surface area contributed by atoms with E-state index in [1.807, 2.05) is 42.5 Å². The summed E-state index contributed by atoms with van der Waals surface area (Å²) in [5.74, 6) is 1.10. The lowest BCUT2D eigenvalue weighted by molar-refractivity contribution is -0.116. The fourth-order valence-electron chi connectivity index (χ4n) is 2.95. The molecule has 1 heterocycles. The number of unbranched alkanes of at least 4 members (excludes halogenated alkanes) is 7. The number of carbonyl (C=O) groups excluding carboxylic acids is 1. The Hall–Kier alpha value is -2.36. The number of hydrogen-bond acceptors (Lipinski definition) is 3. The fraction of sp³-hybridized carbons (Fsp3) is 0.478. The molecule has 4 heteroatoms. The summed E-state index contributed by atoms with van der Waals surface area (Å²) < 4.78 is 5.84. The van der Waals surface area contributed by atoms with Crippen LogP contribution in [-0.2, 0) is 11.4 Å². The van der Waals surface area contributed by atoms with Crippen molar-refractivity contribution in [2.75, 3.05) is 5.32 Å². The number of carbonyl (C=O) groups is 1. The molecule has 0 saturated carbocycles. The monoisotopic (exact) mass is 368 g/mol. The molecule has 1 aromatic heterocycles. The Bertz CT molecular complexity index is 658. The second-order valence-electron chi connectivity index (χ2n) is 6.90. The molecule has 1 amide bonds. The van der Waals surface area contributed by atoms with Crippen LogP contribution in [-0.4, -0.2) is 10.9 Å². The van der Waals surface area contributed by atoms with E-state index in [9.17, 15) is 4.79 Å². The maximum Gasteiger partial charge on any atom is 0.225 e. The van der Waals surface area contributed by atoms with E-state index in [2.05, 4.69) is 17.2 Å². The van der Waals surface area contributed by atoms with Crippen molar-refractivity contribution in [1.82, 2.24) is 4.98 Å². The molecule has 146 valence electrons. The molecular formula is C23H32N2O2. The third kappa shape index (κ3) is 8.72. The molecule has 27 heavy (non-hydrogen) atoms. The van der Waals surface area contributed by atoms with Crippen molar-refractivity contribution in [2.24, 2.45) is 0 Å². The predicted octanol–water partition coefficient (Wildman–Crippen LogP) is 6.13. The molecule has 2 rings (SSSR count). The first-order valence-electron chi connectivity index (χ1n) is 10.2. The molecule has 0 aliphatic rings. The lowest BCUT2D eigenvalue weighted by atomic mass is 10.1. The van der Waals surface area contributed by atoms with Gasteiger partial charge in [0.15, 0.2) is 11.6 Å². The largest absolute Gasteiger partial charge is 0.485 e. The van der Waals surface area contributed by atoms with Crippen LogP contribution in [0.1, 0.15) is 70.3 Å². The van der Waals surface area contributed by atoms with Crippen molar-refractivity contribution in [3.05, 3.63) is 54.2 Å². The number of benzene rings is 1. The minimum Gasteiger partial charge on any atom is -0.485 e. The first kappa shape index (κ1) is 20.9. The van der Waals surface area contributed by atoms with E-state index in [0.717, 1.165) is 18.4 Å². The summed E-state index contributed by atoms with van der Waals surface area (Å²) in [7, 11) is 0. The summed E-state index contributed by atoms with van der Waals surface area (Å²) in [5.41, 5.74) is 1.08. The molecule has 0 atom stereocenters. The van der Waals surface area contributed by atoms with E-state index in [4.69, 9.17) is 4.74 Å². The maximum absolute atomic E-state index is 12.2. The molecule has 1 aromatic carbocycles. The Morgan fingerprint density at radius 1 is 0.926 bits per heavy atom. The molecule has 4 nitrogen and oxygen atoms in total. The molecule has 0 spiro atoms. The first-order chi connectivity index (χ1) is 13.3. The molecule has 0 unspecified atom stereocenters. The second-order valence-corrected chi connectivity index (χ2v) is 6.90. The van der Waals surface area contributed by atoms with Gasteiger partial charge in [-0.1, -0.05) is 82.2 Å². The van der Waals surface area contributed by atoms with Gasteiger partial charge < -0.3 is 10.1 Å². The van der Waals surface area contributed by atoms with Gasteiger partial charge in [-0.25, -0.2) is 4.98 Å². The van der Waals surface area contributed by atoms with Gasteiger partial charge in [-0.2, -0.15) is 0 Å². The van der Waals surface area contributed by atoms with Gasteiger partial charge in [0.1, 0.15) is 6.61 Å². The Morgan fingerprint density at radius 2 is 1.63 bits per heavy atom. The van der Waals surface area contributed by atoms with Crippen molar-refractivity contribution < 1.29 is 9.53 Å². The number of anilines is 1. The standard InChI is InChI=1S/C23H32N2O2/c1-2-3-4-5-6-7-8-12-17-22(26)25-23-21(16-13-18-24-23)27-19-20-14-10-9-11-15-20/h9-11,13-16,18H,2-8,12,17,19H2,1H3,(H,24,25,26). The van der Waals surface area contributed by atoms with E-state index in [1.54, 1.807) is 6.20 Å². The zero-order valence-electron chi connectivity index (χ0n) is 16.5. The van der Waals surface area contributed by atoms with Crippen molar-refractivity contribution in [3.63, 3.8) is 0 Å². The van der Waals surface area contributed by atoms with Gasteiger partial charge in [-0.3, -0.25) is 4.79 Å². The Labute approximate surface area is 163 Å². The first-order valence-corrected chi connectivity index (χ1v) is 10.2. The summed E-state index contributed by atoms with van der Waals surface area (Å²) in [4.78, 5) is 16.5. The SMILES string of the molecule is CCCCCCCCCCC(=O)Nc1ncccc1OCc1ccccc1. The number of ether oxygens (including phenoxy) is 1. The van der Waals surface area contributed by atoms with Crippen LogP contribution < -0.4 is 10.1 Å². The summed E-state index contributed by atoms with van der Waals surface area (Å²) in [6, 6.07) is 13.6. The number of amides is 1. The average molecular weight is 369 g/mol. The minimum absolute atomic E-state index is 0.00393. The molecule has 0 aliphatic carbocycles. The van der Waals surface area contributed by atoms with Gasteiger partial charge in [-0.15, -0.1) is 0 Å². The Morgan fingerprint density at radius 3 is 2.37 bits per heavy atom. The highest BCUT2D eigenvalue weighted by Gasteiger charge is 2.09. The maximum atomic E-state index is 12.2. The van der Waals surface area contributed by atoms with Crippen LogP contribution in [0.15, 0.2) is 48.7 Å².